The second-order valence-corrected chi connectivity index (χ2v) is 7.09. The van der Waals surface area contributed by atoms with Crippen molar-refractivity contribution in [3.8, 4) is 0 Å². The van der Waals surface area contributed by atoms with Crippen LogP contribution in [-0.2, 0) is 0 Å². The lowest BCUT2D eigenvalue weighted by Crippen LogP contribution is -2.42. The summed E-state index contributed by atoms with van der Waals surface area (Å²) in [5, 5.41) is 3.80. The number of carbonyl (C=O) groups is 1. The van der Waals surface area contributed by atoms with Crippen LogP contribution >= 0.6 is 11.8 Å². The Morgan fingerprint density at radius 1 is 1.19 bits per heavy atom. The summed E-state index contributed by atoms with van der Waals surface area (Å²) in [4.78, 5) is 13.8. The first kappa shape index (κ1) is 14.7. The average molecular weight is 305 g/mol. The number of hydrogen-bond donors (Lipinski definition) is 2. The lowest BCUT2D eigenvalue weighted by molar-refractivity contribution is 0.100. The molecule has 2 fully saturated rings. The van der Waals surface area contributed by atoms with Gasteiger partial charge in [0.2, 0.25) is 0 Å². The van der Waals surface area contributed by atoms with Gasteiger partial charge in [-0.25, -0.2) is 0 Å². The van der Waals surface area contributed by atoms with E-state index in [1.165, 1.54) is 24.3 Å². The van der Waals surface area contributed by atoms with E-state index >= 15 is 0 Å². The number of carbonyl (C=O) groups excluding carboxylic acids is 1. The van der Waals surface area contributed by atoms with Gasteiger partial charge in [-0.15, -0.1) is 0 Å². The van der Waals surface area contributed by atoms with Crippen molar-refractivity contribution in [2.45, 2.75) is 31.3 Å². The molecule has 2 aliphatic rings. The molecule has 0 bridgehead atoms. The first-order valence-corrected chi connectivity index (χ1v) is 8.87. The van der Waals surface area contributed by atoms with Crippen LogP contribution in [0.25, 0.3) is 0 Å². The second kappa shape index (κ2) is 6.71. The molecule has 4 nitrogen and oxygen atoms in total. The Morgan fingerprint density at radius 3 is 2.71 bits per heavy atom. The van der Waals surface area contributed by atoms with Crippen molar-refractivity contribution in [1.29, 1.82) is 0 Å². The predicted octanol–water partition coefficient (Wildman–Crippen LogP) is 1.85. The van der Waals surface area contributed by atoms with Gasteiger partial charge in [0, 0.05) is 30.9 Å². The van der Waals surface area contributed by atoms with E-state index < -0.39 is 0 Å². The molecule has 0 aliphatic carbocycles. The molecule has 0 saturated carbocycles. The molecule has 2 aliphatic heterocycles. The van der Waals surface area contributed by atoms with Gasteiger partial charge in [0.05, 0.1) is 5.56 Å². The molecule has 5 heteroatoms. The number of para-hydroxylation sites is 1. The highest BCUT2D eigenvalue weighted by Crippen LogP contribution is 2.25. The summed E-state index contributed by atoms with van der Waals surface area (Å²) in [6, 6.07) is 8.86. The van der Waals surface area contributed by atoms with Gasteiger partial charge in [-0.3, -0.25) is 4.79 Å². The minimum Gasteiger partial charge on any atom is -0.369 e. The Hall–Kier alpha value is -1.20. The summed E-state index contributed by atoms with van der Waals surface area (Å²) < 4.78 is 0. The van der Waals surface area contributed by atoms with Gasteiger partial charge >= 0.3 is 0 Å². The maximum absolute atomic E-state index is 11.6. The number of anilines is 1. The summed E-state index contributed by atoms with van der Waals surface area (Å²) in [6.07, 6.45) is 3.69. The Labute approximate surface area is 130 Å². The molecule has 1 aromatic carbocycles. The van der Waals surface area contributed by atoms with E-state index in [0.717, 1.165) is 25.2 Å². The zero-order chi connectivity index (χ0) is 14.7. The number of nitrogens with two attached hydrogens (primary N) is 1. The molecule has 3 N–H and O–H groups in total. The number of nitrogens with zero attached hydrogens (tertiary/aromatic N) is 1. The third-order valence-electron chi connectivity index (χ3n) is 4.39. The van der Waals surface area contributed by atoms with E-state index in [2.05, 4.69) is 22.0 Å². The average Bonchev–Trinajstić information content (AvgIpc) is 2.96. The molecule has 114 valence electrons. The van der Waals surface area contributed by atoms with E-state index in [1.807, 2.05) is 24.3 Å². The monoisotopic (exact) mass is 305 g/mol. The molecule has 2 heterocycles. The van der Waals surface area contributed by atoms with Crippen LogP contribution in [0.15, 0.2) is 24.3 Å². The number of nitrogens with one attached hydrogen (secondary N) is 1. The lowest BCUT2D eigenvalue weighted by atomic mass is 10.1. The molecule has 1 atom stereocenters. The topological polar surface area (TPSA) is 58.4 Å². The van der Waals surface area contributed by atoms with Crippen LogP contribution in [0.4, 0.5) is 5.69 Å². The molecule has 1 amide bonds. The first-order valence-electron chi connectivity index (χ1n) is 7.71. The summed E-state index contributed by atoms with van der Waals surface area (Å²) in [7, 11) is 0. The minimum atomic E-state index is -0.341. The third-order valence-corrected chi connectivity index (χ3v) is 5.44. The Morgan fingerprint density at radius 2 is 1.95 bits per heavy atom. The fourth-order valence-corrected chi connectivity index (χ4v) is 4.38. The number of primary amides is 1. The van der Waals surface area contributed by atoms with Crippen LogP contribution in [0.1, 0.15) is 29.6 Å². The van der Waals surface area contributed by atoms with Crippen molar-refractivity contribution in [1.82, 2.24) is 5.32 Å². The lowest BCUT2D eigenvalue weighted by Gasteiger charge is -2.27. The van der Waals surface area contributed by atoms with Gasteiger partial charge in [-0.05, 0) is 42.9 Å². The largest absolute Gasteiger partial charge is 0.369 e. The second-order valence-electron chi connectivity index (χ2n) is 5.87. The highest BCUT2D eigenvalue weighted by atomic mass is 32.2. The fraction of sp³-hybridized carbons (Fsp3) is 0.562. The van der Waals surface area contributed by atoms with Crippen molar-refractivity contribution in [2.24, 2.45) is 5.73 Å². The predicted molar refractivity (Wildman–Crippen MR) is 89.1 cm³/mol. The van der Waals surface area contributed by atoms with Crippen LogP contribution < -0.4 is 16.0 Å². The summed E-state index contributed by atoms with van der Waals surface area (Å²) >= 11 is 2.06. The van der Waals surface area contributed by atoms with Crippen molar-refractivity contribution >= 4 is 23.4 Å². The van der Waals surface area contributed by atoms with E-state index in [0.29, 0.717) is 17.6 Å². The van der Waals surface area contributed by atoms with Crippen LogP contribution in [0, 0.1) is 0 Å². The normalized spacial score (nSPS) is 23.4. The highest BCUT2D eigenvalue weighted by Gasteiger charge is 2.27. The standard InChI is InChI=1S/C16H23N3OS/c17-16(20)14-3-1-2-4-15(14)19-8-5-13(11-19)18-12-6-9-21-10-7-12/h1-4,12-13,18H,5-11H2,(H2,17,20). The van der Waals surface area contributed by atoms with E-state index in [-0.39, 0.29) is 5.91 Å². The van der Waals surface area contributed by atoms with Crippen molar-refractivity contribution in [3.63, 3.8) is 0 Å². The number of amides is 1. The Balaban J connectivity index is 1.63. The maximum Gasteiger partial charge on any atom is 0.250 e. The molecule has 21 heavy (non-hydrogen) atoms. The molecule has 2 saturated heterocycles. The van der Waals surface area contributed by atoms with E-state index in [1.54, 1.807) is 0 Å². The summed E-state index contributed by atoms with van der Waals surface area (Å²) in [5.74, 6) is 2.21. The van der Waals surface area contributed by atoms with Gasteiger partial charge in [0.15, 0.2) is 0 Å². The molecule has 0 aromatic heterocycles. The third kappa shape index (κ3) is 3.52. The van der Waals surface area contributed by atoms with E-state index in [9.17, 15) is 4.79 Å². The summed E-state index contributed by atoms with van der Waals surface area (Å²) in [6.45, 7) is 1.96. The first-order chi connectivity index (χ1) is 10.2. The van der Waals surface area contributed by atoms with Crippen molar-refractivity contribution in [3.05, 3.63) is 29.8 Å². The summed E-state index contributed by atoms with van der Waals surface area (Å²) in [5.41, 5.74) is 7.09. The van der Waals surface area contributed by atoms with Crippen LogP contribution in [0.3, 0.4) is 0 Å². The Bertz CT molecular complexity index is 502. The van der Waals surface area contributed by atoms with Crippen LogP contribution in [0.2, 0.25) is 0 Å². The van der Waals surface area contributed by atoms with Crippen LogP contribution in [0.5, 0.6) is 0 Å². The smallest absolute Gasteiger partial charge is 0.250 e. The molecular weight excluding hydrogens is 282 g/mol. The number of hydrogen-bond acceptors (Lipinski definition) is 4. The molecule has 1 unspecified atom stereocenters. The van der Waals surface area contributed by atoms with Crippen molar-refractivity contribution < 1.29 is 4.79 Å². The van der Waals surface area contributed by atoms with Crippen molar-refractivity contribution in [2.75, 3.05) is 29.5 Å². The zero-order valence-corrected chi connectivity index (χ0v) is 13.1. The number of thioether (sulfide) groups is 1. The van der Waals surface area contributed by atoms with Gasteiger partial charge in [-0.2, -0.15) is 11.8 Å². The minimum absolute atomic E-state index is 0.341. The maximum atomic E-state index is 11.6. The molecule has 0 spiro atoms. The van der Waals surface area contributed by atoms with Gasteiger partial charge in [0.1, 0.15) is 0 Å². The molecule has 1 aromatic rings. The number of rotatable bonds is 4. The Kier molecular flexibility index (Phi) is 4.70. The zero-order valence-electron chi connectivity index (χ0n) is 12.3. The molecule has 3 rings (SSSR count). The number of benzene rings is 1. The van der Waals surface area contributed by atoms with Crippen LogP contribution in [-0.4, -0.2) is 42.6 Å². The van der Waals surface area contributed by atoms with E-state index in [4.69, 9.17) is 5.73 Å². The quantitative estimate of drug-likeness (QED) is 0.891. The van der Waals surface area contributed by atoms with Gasteiger partial charge in [-0.1, -0.05) is 12.1 Å². The fourth-order valence-electron chi connectivity index (χ4n) is 3.27. The SMILES string of the molecule is NC(=O)c1ccccc1N1CCC(NC2CCSCC2)C1. The molecular formula is C16H23N3OS. The molecule has 0 radical (unpaired) electrons. The van der Waals surface area contributed by atoms with Gasteiger partial charge in [0.25, 0.3) is 5.91 Å². The highest BCUT2D eigenvalue weighted by molar-refractivity contribution is 7.99. The van der Waals surface area contributed by atoms with Gasteiger partial charge < -0.3 is 16.0 Å².